The fourth-order valence-electron chi connectivity index (χ4n) is 5.00. The molecule has 3 heterocycles. The minimum Gasteiger partial charge on any atom is -0.492 e. The molecule has 1 saturated heterocycles. The molecule has 0 bridgehead atoms. The van der Waals surface area contributed by atoms with Gasteiger partial charge in [0.25, 0.3) is 0 Å². The van der Waals surface area contributed by atoms with Gasteiger partial charge in [-0.3, -0.25) is 4.90 Å². The Morgan fingerprint density at radius 2 is 1.84 bits per heavy atom. The van der Waals surface area contributed by atoms with Crippen LogP contribution in [-0.4, -0.2) is 59.1 Å². The number of fused-ring (bicyclic) bond motifs is 3. The van der Waals surface area contributed by atoms with Crippen LogP contribution >= 0.6 is 15.9 Å². The van der Waals surface area contributed by atoms with Crippen LogP contribution in [0.25, 0.3) is 21.8 Å². The van der Waals surface area contributed by atoms with E-state index in [1.54, 1.807) is 6.20 Å². The average molecular weight is 590 g/mol. The lowest BCUT2D eigenvalue weighted by Gasteiger charge is -2.26. The quantitative estimate of drug-likeness (QED) is 0.235. The molecule has 1 aliphatic heterocycles. The Labute approximate surface area is 226 Å². The zero-order valence-electron chi connectivity index (χ0n) is 20.6. The molecule has 1 saturated carbocycles. The highest BCUT2D eigenvalue weighted by Crippen LogP contribution is 2.46. The summed E-state index contributed by atoms with van der Waals surface area (Å²) in [6, 6.07) is 9.41. The van der Waals surface area contributed by atoms with E-state index in [0.717, 1.165) is 96.3 Å². The molecule has 2 aromatic carbocycles. The Morgan fingerprint density at radius 1 is 1.08 bits per heavy atom. The lowest BCUT2D eigenvalue weighted by molar-refractivity contribution is -0.137. The molecule has 0 radical (unpaired) electrons. The van der Waals surface area contributed by atoms with E-state index in [1.807, 2.05) is 6.07 Å². The molecule has 2 aromatic heterocycles. The number of hydrogen-bond acceptors (Lipinski definition) is 6. The first-order chi connectivity index (χ1) is 18.4. The molecule has 1 aliphatic carbocycles. The molecular formula is C27H27BrF3N5O2. The van der Waals surface area contributed by atoms with E-state index in [0.29, 0.717) is 24.2 Å². The summed E-state index contributed by atoms with van der Waals surface area (Å²) in [5.41, 5.74) is 1.78. The van der Waals surface area contributed by atoms with Crippen LogP contribution in [0.15, 0.2) is 47.1 Å². The third-order valence-electron chi connectivity index (χ3n) is 7.04. The summed E-state index contributed by atoms with van der Waals surface area (Å²) in [4.78, 5) is 2.38. The van der Waals surface area contributed by atoms with E-state index < -0.39 is 11.7 Å². The Balaban J connectivity index is 1.31. The second-order valence-corrected chi connectivity index (χ2v) is 10.6. The van der Waals surface area contributed by atoms with Crippen molar-refractivity contribution < 1.29 is 22.6 Å². The van der Waals surface area contributed by atoms with Crippen molar-refractivity contribution in [2.75, 3.05) is 44.8 Å². The summed E-state index contributed by atoms with van der Waals surface area (Å²) in [5, 5.41) is 13.6. The zero-order valence-corrected chi connectivity index (χ0v) is 22.2. The van der Waals surface area contributed by atoms with Gasteiger partial charge in [0.1, 0.15) is 5.75 Å². The van der Waals surface area contributed by atoms with Gasteiger partial charge in [0, 0.05) is 36.7 Å². The lowest BCUT2D eigenvalue weighted by Crippen LogP contribution is -2.37. The number of benzene rings is 2. The van der Waals surface area contributed by atoms with Gasteiger partial charge in [0.05, 0.1) is 52.5 Å². The van der Waals surface area contributed by atoms with Gasteiger partial charge in [-0.15, -0.1) is 5.10 Å². The minimum atomic E-state index is -4.39. The molecule has 6 rings (SSSR count). The highest BCUT2D eigenvalue weighted by atomic mass is 79.9. The molecule has 7 nitrogen and oxygen atoms in total. The summed E-state index contributed by atoms with van der Waals surface area (Å²) in [6.45, 7) is 5.00. The van der Waals surface area contributed by atoms with Crippen molar-refractivity contribution in [3.8, 4) is 5.75 Å². The summed E-state index contributed by atoms with van der Waals surface area (Å²) in [5.74, 6) is 1.24. The zero-order chi connectivity index (χ0) is 26.3. The molecule has 0 atom stereocenters. The molecule has 2 aliphatic rings. The standard InChI is InChI=1S/C27H27BrF3N5O2/c28-21-15-22-20(14-24(21)38-11-1-8-35-9-12-37-13-10-35)25-23(36(22)19-6-7-19)16-32-34-26(25)33-18-4-2-17(3-5-18)27(29,30)31/h2-5,14-16,19H,1,6-13H2,(H,33,34). The molecule has 4 aromatic rings. The van der Waals surface area contributed by atoms with Crippen LogP contribution < -0.4 is 10.1 Å². The Kier molecular flexibility index (Phi) is 6.92. The number of morpholine rings is 1. The van der Waals surface area contributed by atoms with Crippen molar-refractivity contribution in [3.63, 3.8) is 0 Å². The molecule has 1 N–H and O–H groups in total. The van der Waals surface area contributed by atoms with Crippen molar-refractivity contribution in [2.45, 2.75) is 31.5 Å². The van der Waals surface area contributed by atoms with Crippen molar-refractivity contribution in [2.24, 2.45) is 0 Å². The van der Waals surface area contributed by atoms with E-state index in [2.05, 4.69) is 47.0 Å². The third-order valence-corrected chi connectivity index (χ3v) is 7.66. The minimum absolute atomic E-state index is 0.380. The van der Waals surface area contributed by atoms with Crippen molar-refractivity contribution in [1.29, 1.82) is 0 Å². The van der Waals surface area contributed by atoms with Gasteiger partial charge in [-0.25, -0.2) is 0 Å². The van der Waals surface area contributed by atoms with Gasteiger partial charge >= 0.3 is 6.18 Å². The second-order valence-electron chi connectivity index (χ2n) is 9.71. The molecule has 0 amide bonds. The first kappa shape index (κ1) is 25.4. The number of anilines is 2. The van der Waals surface area contributed by atoms with Crippen LogP contribution in [0, 0.1) is 0 Å². The summed E-state index contributed by atoms with van der Waals surface area (Å²) < 4.78 is 53.8. The predicted octanol–water partition coefficient (Wildman–Crippen LogP) is 6.55. The van der Waals surface area contributed by atoms with E-state index in [9.17, 15) is 13.2 Å². The number of ether oxygens (including phenoxy) is 2. The first-order valence-corrected chi connectivity index (χ1v) is 13.5. The fourth-order valence-corrected chi connectivity index (χ4v) is 5.44. The Morgan fingerprint density at radius 3 is 2.55 bits per heavy atom. The molecule has 0 spiro atoms. The number of alkyl halides is 3. The highest BCUT2D eigenvalue weighted by Gasteiger charge is 2.31. The average Bonchev–Trinajstić information content (AvgIpc) is 3.69. The molecule has 11 heteroatoms. The Hall–Kier alpha value is -2.89. The molecule has 200 valence electrons. The molecule has 38 heavy (non-hydrogen) atoms. The lowest BCUT2D eigenvalue weighted by atomic mass is 10.1. The van der Waals surface area contributed by atoms with Gasteiger partial charge in [0.15, 0.2) is 5.82 Å². The number of rotatable bonds is 8. The molecular weight excluding hydrogens is 563 g/mol. The maximum Gasteiger partial charge on any atom is 0.416 e. The summed E-state index contributed by atoms with van der Waals surface area (Å²) in [7, 11) is 0. The number of nitrogens with zero attached hydrogens (tertiary/aromatic N) is 4. The first-order valence-electron chi connectivity index (χ1n) is 12.7. The van der Waals surface area contributed by atoms with Crippen LogP contribution in [0.2, 0.25) is 0 Å². The van der Waals surface area contributed by atoms with E-state index in [1.165, 1.54) is 12.1 Å². The normalized spacial score (nSPS) is 16.8. The molecule has 0 unspecified atom stereocenters. The predicted molar refractivity (Wildman–Crippen MR) is 143 cm³/mol. The van der Waals surface area contributed by atoms with Crippen LogP contribution in [-0.2, 0) is 10.9 Å². The topological polar surface area (TPSA) is 64.4 Å². The van der Waals surface area contributed by atoms with Crippen molar-refractivity contribution in [1.82, 2.24) is 19.7 Å². The van der Waals surface area contributed by atoms with Crippen LogP contribution in [0.5, 0.6) is 5.75 Å². The fraction of sp³-hybridized carbons (Fsp3) is 0.407. The largest absolute Gasteiger partial charge is 0.492 e. The highest BCUT2D eigenvalue weighted by molar-refractivity contribution is 9.10. The number of halogens is 4. The van der Waals surface area contributed by atoms with E-state index in [-0.39, 0.29) is 0 Å². The SMILES string of the molecule is FC(F)(F)c1ccc(Nc2nncc3c2c2cc(OCCCN4CCOCC4)c(Br)cc2n3C2CC2)cc1. The number of aromatic nitrogens is 3. The van der Waals surface area contributed by atoms with Crippen molar-refractivity contribution in [3.05, 3.63) is 52.6 Å². The summed E-state index contributed by atoms with van der Waals surface area (Å²) in [6.07, 6.45) is 0.436. The molecule has 2 fully saturated rings. The van der Waals surface area contributed by atoms with Gasteiger partial charge in [-0.2, -0.15) is 18.3 Å². The van der Waals surface area contributed by atoms with Crippen LogP contribution in [0.4, 0.5) is 24.7 Å². The number of hydrogen-bond donors (Lipinski definition) is 1. The van der Waals surface area contributed by atoms with Gasteiger partial charge in [0.2, 0.25) is 0 Å². The van der Waals surface area contributed by atoms with E-state index >= 15 is 0 Å². The van der Waals surface area contributed by atoms with Gasteiger partial charge in [-0.05, 0) is 71.6 Å². The monoisotopic (exact) mass is 589 g/mol. The van der Waals surface area contributed by atoms with Gasteiger partial charge < -0.3 is 19.4 Å². The smallest absolute Gasteiger partial charge is 0.416 e. The van der Waals surface area contributed by atoms with Crippen molar-refractivity contribution >= 4 is 49.2 Å². The maximum absolute atomic E-state index is 13.0. The Bertz CT molecular complexity index is 1450. The van der Waals surface area contributed by atoms with Crippen LogP contribution in [0.1, 0.15) is 30.9 Å². The maximum atomic E-state index is 13.0. The number of nitrogens with one attached hydrogen (secondary N) is 1. The second kappa shape index (κ2) is 10.3. The van der Waals surface area contributed by atoms with Crippen LogP contribution in [0.3, 0.4) is 0 Å². The van der Waals surface area contributed by atoms with E-state index in [4.69, 9.17) is 9.47 Å². The third kappa shape index (κ3) is 5.19. The van der Waals surface area contributed by atoms with Gasteiger partial charge in [-0.1, -0.05) is 0 Å². The summed E-state index contributed by atoms with van der Waals surface area (Å²) >= 11 is 3.70.